The molecule has 1 aromatic carbocycles. The number of nitrogens with one attached hydrogen (secondary N) is 3. The van der Waals surface area contributed by atoms with E-state index >= 15 is 0 Å². The van der Waals surface area contributed by atoms with Crippen LogP contribution in [0.4, 0.5) is 13.2 Å². The Bertz CT molecular complexity index is 579. The Balaban J connectivity index is 1.50. The highest BCUT2D eigenvalue weighted by molar-refractivity contribution is 5.77. The Morgan fingerprint density at radius 2 is 1.79 bits per heavy atom. The molecule has 24 heavy (non-hydrogen) atoms. The van der Waals surface area contributed by atoms with Gasteiger partial charge >= 0.3 is 6.18 Å². The zero-order valence-corrected chi connectivity index (χ0v) is 13.1. The summed E-state index contributed by atoms with van der Waals surface area (Å²) in [7, 11) is 0. The largest absolute Gasteiger partial charge is 0.484 e. The van der Waals surface area contributed by atoms with Crippen molar-refractivity contribution in [2.24, 2.45) is 0 Å². The highest BCUT2D eigenvalue weighted by atomic mass is 19.4. The van der Waals surface area contributed by atoms with Crippen LogP contribution in [0.15, 0.2) is 24.3 Å². The van der Waals surface area contributed by atoms with Gasteiger partial charge in [-0.05, 0) is 30.5 Å². The standard InChI is InChI=1S/C16H20F3N3O2/c17-16(18,19)15(21-22-15)11-6-8-13(9-7-11)24-10-14(23)20-12-4-2-1-3-5-12/h6-9,12,21-22H,1-5,10H2,(H,20,23). The number of hydrogen-bond donors (Lipinski definition) is 3. The minimum Gasteiger partial charge on any atom is -0.484 e. The third kappa shape index (κ3) is 3.64. The number of rotatable bonds is 5. The first-order valence-electron chi connectivity index (χ1n) is 8.04. The van der Waals surface area contributed by atoms with Crippen molar-refractivity contribution in [1.82, 2.24) is 16.2 Å². The van der Waals surface area contributed by atoms with E-state index in [1.807, 2.05) is 0 Å². The summed E-state index contributed by atoms with van der Waals surface area (Å²) in [4.78, 5) is 11.8. The van der Waals surface area contributed by atoms with Gasteiger partial charge in [0.25, 0.3) is 5.91 Å². The lowest BCUT2D eigenvalue weighted by atomic mass is 9.95. The molecule has 0 unspecified atom stereocenters. The van der Waals surface area contributed by atoms with Crippen molar-refractivity contribution in [2.45, 2.75) is 50.0 Å². The summed E-state index contributed by atoms with van der Waals surface area (Å²) >= 11 is 0. The molecular weight excluding hydrogens is 323 g/mol. The van der Waals surface area contributed by atoms with E-state index in [4.69, 9.17) is 4.74 Å². The van der Waals surface area contributed by atoms with E-state index in [-0.39, 0.29) is 24.1 Å². The van der Waals surface area contributed by atoms with Crippen molar-refractivity contribution in [3.05, 3.63) is 29.8 Å². The SMILES string of the molecule is O=C(COc1ccc(C2(C(F)(F)F)NN2)cc1)NC1CCCCC1. The van der Waals surface area contributed by atoms with Crippen molar-refractivity contribution < 1.29 is 22.7 Å². The monoisotopic (exact) mass is 343 g/mol. The zero-order chi connectivity index (χ0) is 17.2. The van der Waals surface area contributed by atoms with E-state index in [9.17, 15) is 18.0 Å². The maximum absolute atomic E-state index is 12.9. The molecule has 1 aliphatic carbocycles. The van der Waals surface area contributed by atoms with Crippen LogP contribution in [-0.4, -0.2) is 24.7 Å². The van der Waals surface area contributed by atoms with Crippen LogP contribution < -0.4 is 20.9 Å². The minimum atomic E-state index is -4.44. The molecule has 0 spiro atoms. The molecule has 0 aromatic heterocycles. The van der Waals surface area contributed by atoms with Gasteiger partial charge in [0.15, 0.2) is 6.61 Å². The molecule has 1 aliphatic heterocycles. The number of benzene rings is 1. The lowest BCUT2D eigenvalue weighted by molar-refractivity contribution is -0.165. The van der Waals surface area contributed by atoms with Crippen LogP contribution in [0.3, 0.4) is 0 Å². The number of hydrogen-bond acceptors (Lipinski definition) is 4. The molecule has 2 fully saturated rings. The predicted octanol–water partition coefficient (Wildman–Crippen LogP) is 2.34. The molecule has 1 amide bonds. The second kappa shape index (κ2) is 6.60. The number of amides is 1. The molecule has 1 aromatic rings. The molecular formula is C16H20F3N3O2. The molecule has 5 nitrogen and oxygen atoms in total. The minimum absolute atomic E-state index is 0.0500. The quantitative estimate of drug-likeness (QED) is 0.717. The van der Waals surface area contributed by atoms with Crippen molar-refractivity contribution in [3.8, 4) is 5.75 Å². The fourth-order valence-electron chi connectivity index (χ4n) is 2.98. The fraction of sp³-hybridized carbons (Fsp3) is 0.562. The first-order valence-corrected chi connectivity index (χ1v) is 8.04. The fourth-order valence-corrected chi connectivity index (χ4v) is 2.98. The summed E-state index contributed by atoms with van der Waals surface area (Å²) in [6.07, 6.45) is 0.986. The van der Waals surface area contributed by atoms with Gasteiger partial charge < -0.3 is 10.1 Å². The lowest BCUT2D eigenvalue weighted by Crippen LogP contribution is -2.39. The number of carbonyl (C=O) groups excluding carboxylic acids is 1. The second-order valence-corrected chi connectivity index (χ2v) is 6.21. The maximum Gasteiger partial charge on any atom is 0.426 e. The Labute approximate surface area is 137 Å². The van der Waals surface area contributed by atoms with E-state index < -0.39 is 11.8 Å². The van der Waals surface area contributed by atoms with Crippen LogP contribution in [0.25, 0.3) is 0 Å². The third-order valence-corrected chi connectivity index (χ3v) is 4.43. The van der Waals surface area contributed by atoms with Gasteiger partial charge in [-0.15, -0.1) is 0 Å². The average molecular weight is 343 g/mol. The van der Waals surface area contributed by atoms with Crippen LogP contribution in [0, 0.1) is 0 Å². The Morgan fingerprint density at radius 3 is 2.33 bits per heavy atom. The Kier molecular flexibility index (Phi) is 4.69. The van der Waals surface area contributed by atoms with Crippen molar-refractivity contribution >= 4 is 5.91 Å². The third-order valence-electron chi connectivity index (χ3n) is 4.43. The van der Waals surface area contributed by atoms with Crippen LogP contribution in [0.2, 0.25) is 0 Å². The van der Waals surface area contributed by atoms with Crippen LogP contribution in [0.1, 0.15) is 37.7 Å². The van der Waals surface area contributed by atoms with Gasteiger partial charge in [-0.1, -0.05) is 31.4 Å². The summed E-state index contributed by atoms with van der Waals surface area (Å²) in [5.41, 5.74) is 2.15. The average Bonchev–Trinajstić information content (AvgIpc) is 3.36. The van der Waals surface area contributed by atoms with Crippen molar-refractivity contribution in [2.75, 3.05) is 6.61 Å². The number of hydrazine groups is 1. The summed E-state index contributed by atoms with van der Waals surface area (Å²) in [5.74, 6) is 0.152. The highest BCUT2D eigenvalue weighted by Crippen LogP contribution is 2.42. The van der Waals surface area contributed by atoms with Gasteiger partial charge in [0, 0.05) is 6.04 Å². The van der Waals surface area contributed by atoms with Crippen molar-refractivity contribution in [1.29, 1.82) is 0 Å². The number of halogens is 3. The van der Waals surface area contributed by atoms with E-state index in [1.54, 1.807) is 0 Å². The maximum atomic E-state index is 12.9. The summed E-state index contributed by atoms with van der Waals surface area (Å²) in [5, 5.41) is 2.92. The van der Waals surface area contributed by atoms with E-state index in [2.05, 4.69) is 16.2 Å². The molecule has 3 rings (SSSR count). The molecule has 132 valence electrons. The van der Waals surface area contributed by atoms with Crippen molar-refractivity contribution in [3.63, 3.8) is 0 Å². The Hall–Kier alpha value is -1.80. The first kappa shape index (κ1) is 17.0. The topological polar surface area (TPSA) is 82.2 Å². The number of carbonyl (C=O) groups is 1. The highest BCUT2D eigenvalue weighted by Gasteiger charge is 2.65. The lowest BCUT2D eigenvalue weighted by Gasteiger charge is -2.22. The van der Waals surface area contributed by atoms with Gasteiger partial charge in [0.05, 0.1) is 0 Å². The summed E-state index contributed by atoms with van der Waals surface area (Å²) in [6, 6.07) is 5.72. The molecule has 3 N–H and O–H groups in total. The number of ether oxygens (including phenoxy) is 1. The Morgan fingerprint density at radius 1 is 1.17 bits per heavy atom. The van der Waals surface area contributed by atoms with Crippen LogP contribution in [-0.2, 0) is 10.5 Å². The molecule has 0 bridgehead atoms. The molecule has 8 heteroatoms. The predicted molar refractivity (Wildman–Crippen MR) is 81.0 cm³/mol. The molecule has 1 saturated heterocycles. The van der Waals surface area contributed by atoms with Gasteiger partial charge in [-0.2, -0.15) is 13.2 Å². The summed E-state index contributed by atoms with van der Waals surface area (Å²) < 4.78 is 44.2. The molecule has 2 aliphatic rings. The van der Waals surface area contributed by atoms with E-state index in [0.717, 1.165) is 25.7 Å². The van der Waals surface area contributed by atoms with Gasteiger partial charge in [-0.3, -0.25) is 4.79 Å². The number of alkyl halides is 3. The molecule has 1 heterocycles. The summed E-state index contributed by atoms with van der Waals surface area (Å²) in [6.45, 7) is -0.142. The van der Waals surface area contributed by atoms with Gasteiger partial charge in [-0.25, -0.2) is 10.9 Å². The first-order chi connectivity index (χ1) is 11.4. The molecule has 0 atom stereocenters. The van der Waals surface area contributed by atoms with E-state index in [1.165, 1.54) is 30.7 Å². The zero-order valence-electron chi connectivity index (χ0n) is 13.1. The van der Waals surface area contributed by atoms with Crippen LogP contribution >= 0.6 is 0 Å². The molecule has 0 radical (unpaired) electrons. The van der Waals surface area contributed by atoms with Gasteiger partial charge in [0.1, 0.15) is 5.75 Å². The second-order valence-electron chi connectivity index (χ2n) is 6.21. The van der Waals surface area contributed by atoms with E-state index in [0.29, 0.717) is 5.75 Å². The smallest absolute Gasteiger partial charge is 0.426 e. The van der Waals surface area contributed by atoms with Crippen LogP contribution in [0.5, 0.6) is 5.75 Å². The molecule has 1 saturated carbocycles. The normalized spacial score (nSPS) is 20.5. The van der Waals surface area contributed by atoms with Gasteiger partial charge in [0.2, 0.25) is 5.66 Å².